The van der Waals surface area contributed by atoms with E-state index in [1.807, 2.05) is 0 Å². The Kier molecular flexibility index (Phi) is 19.0. The van der Waals surface area contributed by atoms with Gasteiger partial charge in [-0.3, -0.25) is 0 Å². The zero-order valence-corrected chi connectivity index (χ0v) is 69.5. The molecule has 2 heterocycles. The molecule has 20 aromatic rings. The van der Waals surface area contributed by atoms with E-state index in [4.69, 9.17) is 0 Å². The molecule has 0 fully saturated rings. The third-order valence-corrected chi connectivity index (χ3v) is 24.9. The monoisotopic (exact) mass is 1520 g/mol. The van der Waals surface area contributed by atoms with E-state index in [-0.39, 0.29) is 16.2 Å². The van der Waals surface area contributed by atoms with Crippen LogP contribution in [0.5, 0.6) is 0 Å². The van der Waals surface area contributed by atoms with Crippen LogP contribution in [0, 0.1) is 0 Å². The first kappa shape index (κ1) is 74.7. The smallest absolute Gasteiger partial charge is 0.0491 e. The minimum Gasteiger partial charge on any atom is -0.341 e. The molecule has 0 amide bonds. The topological polar surface area (TPSA) is 9.86 Å². The van der Waals surface area contributed by atoms with Crippen LogP contribution in [0.1, 0.15) is 92.9 Å². The molecule has 2 heteroatoms. The molecule has 0 aliphatic heterocycles. The third-order valence-electron chi connectivity index (χ3n) is 24.9. The summed E-state index contributed by atoms with van der Waals surface area (Å²) in [4.78, 5) is 0. The Hall–Kier alpha value is -13.4. The van der Waals surface area contributed by atoms with E-state index < -0.39 is 0 Å². The van der Waals surface area contributed by atoms with Crippen LogP contribution in [-0.2, 0) is 29.3 Å². The number of para-hydroxylation sites is 1. The maximum atomic E-state index is 2.48. The average Bonchev–Trinajstić information content (AvgIpc) is 0.945. The molecule has 0 saturated carbocycles. The minimum atomic E-state index is -0.00851. The summed E-state index contributed by atoms with van der Waals surface area (Å²) in [6, 6.07) is 138. The van der Waals surface area contributed by atoms with Crippen LogP contribution in [0.15, 0.2) is 370 Å². The second-order valence-electron chi connectivity index (χ2n) is 35.3. The van der Waals surface area contributed by atoms with E-state index in [1.165, 1.54) is 215 Å². The van der Waals surface area contributed by atoms with Crippen molar-refractivity contribution >= 4 is 86.7 Å². The van der Waals surface area contributed by atoms with Gasteiger partial charge in [-0.2, -0.15) is 0 Å². The molecular weight excluding hydrogens is 1420 g/mol. The molecule has 0 spiro atoms. The molecule has 118 heavy (non-hydrogen) atoms. The molecule has 0 radical (unpaired) electrons. The molecular formula is C116H98N2. The van der Waals surface area contributed by atoms with Gasteiger partial charge in [-0.05, 0) is 268 Å². The fourth-order valence-electron chi connectivity index (χ4n) is 18.5. The Morgan fingerprint density at radius 2 is 0.364 bits per heavy atom. The lowest BCUT2D eigenvalue weighted by atomic mass is 9.79. The van der Waals surface area contributed by atoms with Crippen molar-refractivity contribution < 1.29 is 0 Å². The van der Waals surface area contributed by atoms with E-state index >= 15 is 0 Å². The number of rotatable bonds is 12. The van der Waals surface area contributed by atoms with Crippen LogP contribution in [0.25, 0.3) is 198 Å². The highest BCUT2D eigenvalue weighted by molar-refractivity contribution is 6.24. The third kappa shape index (κ3) is 13.6. The van der Waals surface area contributed by atoms with Gasteiger partial charge in [-0.15, -0.1) is 0 Å². The van der Waals surface area contributed by atoms with Gasteiger partial charge in [0, 0.05) is 56.7 Å². The SMILES string of the molecule is CCn1c2ccc(-c3ccc(-c4c5ccc(C(C)(C)C)cc5c(-c5ccc(-c6ccc(-c7ccccc7)cc6)cc5)c5ccc(C(C)(C)C)cc45)cc3)cc2c2cc(C(C)(C)C)ccc21.CCn1c2ccccc2c2cc(-c3ccc(-c4c5ccc(-c6ccccc6)cc5c(-c5ccccc5)c5ccc(-c6ccccc6)cc45)cc3)ccc21. The maximum absolute atomic E-state index is 2.48. The molecule has 2 aromatic heterocycles. The summed E-state index contributed by atoms with van der Waals surface area (Å²) in [5.74, 6) is 0. The normalized spacial score (nSPS) is 12.1. The first-order chi connectivity index (χ1) is 57.3. The summed E-state index contributed by atoms with van der Waals surface area (Å²) >= 11 is 0. The quantitative estimate of drug-likeness (QED) is 0.108. The molecule has 0 unspecified atom stereocenters. The highest BCUT2D eigenvalue weighted by atomic mass is 15.0. The Morgan fingerprint density at radius 1 is 0.161 bits per heavy atom. The van der Waals surface area contributed by atoms with Gasteiger partial charge in [-0.1, -0.05) is 366 Å². The van der Waals surface area contributed by atoms with E-state index in [1.54, 1.807) is 0 Å². The summed E-state index contributed by atoms with van der Waals surface area (Å²) in [5, 5.41) is 15.4. The summed E-state index contributed by atoms with van der Waals surface area (Å²) in [5.41, 5.74) is 34.0. The molecule has 0 atom stereocenters. The fraction of sp³-hybridized carbons (Fsp3) is 0.138. The van der Waals surface area contributed by atoms with Crippen LogP contribution in [-0.4, -0.2) is 9.13 Å². The van der Waals surface area contributed by atoms with Gasteiger partial charge < -0.3 is 9.13 Å². The fourth-order valence-corrected chi connectivity index (χ4v) is 18.5. The van der Waals surface area contributed by atoms with Crippen molar-refractivity contribution in [1.82, 2.24) is 9.13 Å². The molecule has 0 saturated heterocycles. The van der Waals surface area contributed by atoms with Crippen molar-refractivity contribution in [1.29, 1.82) is 0 Å². The van der Waals surface area contributed by atoms with Gasteiger partial charge in [0.05, 0.1) is 0 Å². The van der Waals surface area contributed by atoms with Crippen molar-refractivity contribution in [2.45, 2.75) is 105 Å². The Bertz CT molecular complexity index is 7200. The zero-order valence-electron chi connectivity index (χ0n) is 69.5. The number of fused-ring (bicyclic) bond motifs is 10. The summed E-state index contributed by atoms with van der Waals surface area (Å²) in [6.45, 7) is 27.2. The number of hydrogen-bond acceptors (Lipinski definition) is 0. The number of benzene rings is 18. The van der Waals surface area contributed by atoms with Crippen molar-refractivity contribution in [3.05, 3.63) is 387 Å². The Morgan fingerprint density at radius 3 is 0.712 bits per heavy atom. The van der Waals surface area contributed by atoms with Crippen LogP contribution in [0.4, 0.5) is 0 Å². The standard InChI is InChI=1S/C64H61N.C52H37N/c1-11-65-58-35-29-48(37-54(58)55-38-51(64(8,9)10)32-36-59(55)65)45-23-27-47(28-24-45)61-53-34-31-49(62(2,3)4)39-56(53)60(52-33-30-50(40-57(52)61)63(5,6)7)46-25-21-44(22-26-46)43-19-17-42(18-20-43)41-15-13-12-14-16-41;1-2-53-49-21-13-12-20-43(49)46-32-42(28-31-50(46)53)37-22-24-39(25-23-37)52-45-30-27-40(35-14-6-3-7-15-35)33-47(45)51(38-18-10-5-11-19-38)44-29-26-41(34-48(44)52)36-16-8-4-9-17-36/h12-40H,11H2,1-10H3;3-34H,2H2,1H3. The van der Waals surface area contributed by atoms with Crippen LogP contribution >= 0.6 is 0 Å². The van der Waals surface area contributed by atoms with E-state index in [0.29, 0.717) is 0 Å². The van der Waals surface area contributed by atoms with Crippen molar-refractivity contribution in [3.63, 3.8) is 0 Å². The molecule has 0 aliphatic rings. The minimum absolute atomic E-state index is 0.00701. The van der Waals surface area contributed by atoms with Crippen LogP contribution < -0.4 is 0 Å². The Balaban J connectivity index is 0.000000160. The molecule has 2 nitrogen and oxygen atoms in total. The van der Waals surface area contributed by atoms with Gasteiger partial charge in [-0.25, -0.2) is 0 Å². The molecule has 572 valence electrons. The first-order valence-corrected chi connectivity index (χ1v) is 42.1. The highest BCUT2D eigenvalue weighted by Gasteiger charge is 2.26. The van der Waals surface area contributed by atoms with Gasteiger partial charge in [0.15, 0.2) is 0 Å². The second-order valence-corrected chi connectivity index (χ2v) is 35.3. The first-order valence-electron chi connectivity index (χ1n) is 42.1. The molecule has 0 bridgehead atoms. The molecule has 20 rings (SSSR count). The summed E-state index contributed by atoms with van der Waals surface area (Å²) in [6.07, 6.45) is 0. The van der Waals surface area contributed by atoms with Crippen LogP contribution in [0.3, 0.4) is 0 Å². The molecule has 0 aliphatic carbocycles. The van der Waals surface area contributed by atoms with Gasteiger partial charge in [0.2, 0.25) is 0 Å². The lowest BCUT2D eigenvalue weighted by Crippen LogP contribution is -2.11. The van der Waals surface area contributed by atoms with E-state index in [0.717, 1.165) is 13.1 Å². The molecule has 0 N–H and O–H groups in total. The van der Waals surface area contributed by atoms with Crippen molar-refractivity contribution in [2.75, 3.05) is 0 Å². The van der Waals surface area contributed by atoms with Crippen LogP contribution in [0.2, 0.25) is 0 Å². The van der Waals surface area contributed by atoms with Crippen molar-refractivity contribution in [3.8, 4) is 111 Å². The van der Waals surface area contributed by atoms with E-state index in [2.05, 4.69) is 455 Å². The maximum Gasteiger partial charge on any atom is 0.0491 e. The second kappa shape index (κ2) is 30.0. The zero-order chi connectivity index (χ0) is 80.7. The number of nitrogens with zero attached hydrogens (tertiary/aromatic N) is 2. The van der Waals surface area contributed by atoms with Gasteiger partial charge in [0.1, 0.15) is 0 Å². The number of aryl methyl sites for hydroxylation is 2. The van der Waals surface area contributed by atoms with Crippen molar-refractivity contribution in [2.24, 2.45) is 0 Å². The summed E-state index contributed by atoms with van der Waals surface area (Å²) in [7, 11) is 0. The lowest BCUT2D eigenvalue weighted by Gasteiger charge is -2.25. The summed E-state index contributed by atoms with van der Waals surface area (Å²) < 4.78 is 4.87. The predicted molar refractivity (Wildman–Crippen MR) is 511 cm³/mol. The Labute approximate surface area is 694 Å². The highest BCUT2D eigenvalue weighted by Crippen LogP contribution is 2.50. The average molecular weight is 1520 g/mol. The van der Waals surface area contributed by atoms with E-state index in [9.17, 15) is 0 Å². The predicted octanol–water partition coefficient (Wildman–Crippen LogP) is 32.8. The number of aromatic nitrogens is 2. The van der Waals surface area contributed by atoms with Gasteiger partial charge >= 0.3 is 0 Å². The van der Waals surface area contributed by atoms with Gasteiger partial charge in [0.25, 0.3) is 0 Å². The lowest BCUT2D eigenvalue weighted by molar-refractivity contribution is 0.590. The largest absolute Gasteiger partial charge is 0.341 e. The molecule has 18 aromatic carbocycles. The number of hydrogen-bond donors (Lipinski definition) is 0.